The maximum Gasteiger partial charge on any atom is 0.190 e. The number of aromatic nitrogens is 2. The summed E-state index contributed by atoms with van der Waals surface area (Å²) in [6, 6.07) is 0. The van der Waals surface area contributed by atoms with Crippen LogP contribution in [0.15, 0.2) is 17.4 Å². The largest absolute Gasteiger partial charge is 0.356 e. The second kappa shape index (κ2) is 7.74. The van der Waals surface area contributed by atoms with Gasteiger partial charge in [0.1, 0.15) is 0 Å². The fraction of sp³-hybridized carbons (Fsp3) is 0.692. The van der Waals surface area contributed by atoms with Gasteiger partial charge in [0.25, 0.3) is 0 Å². The van der Waals surface area contributed by atoms with Crippen LogP contribution >= 0.6 is 0 Å². The van der Waals surface area contributed by atoms with Gasteiger partial charge in [0, 0.05) is 33.4 Å². The first-order valence-electron chi connectivity index (χ1n) is 6.54. The van der Waals surface area contributed by atoms with E-state index in [9.17, 15) is 0 Å². The predicted octanol–water partition coefficient (Wildman–Crippen LogP) is 1.17. The van der Waals surface area contributed by atoms with Crippen LogP contribution in [0.4, 0.5) is 0 Å². The lowest BCUT2D eigenvalue weighted by atomic mass is 10.1. The number of guanidine groups is 1. The fourth-order valence-corrected chi connectivity index (χ4v) is 1.63. The van der Waals surface area contributed by atoms with Gasteiger partial charge in [-0.15, -0.1) is 0 Å². The van der Waals surface area contributed by atoms with Gasteiger partial charge in [0.15, 0.2) is 5.96 Å². The van der Waals surface area contributed by atoms with Crippen molar-refractivity contribution < 1.29 is 0 Å². The first-order chi connectivity index (χ1) is 8.61. The molecular weight excluding hydrogens is 226 g/mol. The quantitative estimate of drug-likeness (QED) is 0.589. The maximum atomic E-state index is 4.19. The first kappa shape index (κ1) is 14.5. The summed E-state index contributed by atoms with van der Waals surface area (Å²) in [6.07, 6.45) is 6.05. The number of nitrogens with zero attached hydrogens (tertiary/aromatic N) is 3. The number of aliphatic imine (C=N–C) groups is 1. The van der Waals surface area contributed by atoms with Gasteiger partial charge in [-0.1, -0.05) is 13.8 Å². The summed E-state index contributed by atoms with van der Waals surface area (Å²) in [6.45, 7) is 6.28. The molecule has 0 radical (unpaired) electrons. The van der Waals surface area contributed by atoms with Crippen molar-refractivity contribution in [3.8, 4) is 0 Å². The SMILES string of the molecule is CN=C(NCCc1cnn(C)c1)NCCC(C)C. The Balaban J connectivity index is 2.19. The highest BCUT2D eigenvalue weighted by Gasteiger charge is 2.00. The van der Waals surface area contributed by atoms with Crippen LogP contribution in [0.25, 0.3) is 0 Å². The molecule has 0 saturated carbocycles. The Morgan fingerprint density at radius 2 is 2.11 bits per heavy atom. The second-order valence-corrected chi connectivity index (χ2v) is 4.88. The van der Waals surface area contributed by atoms with Gasteiger partial charge in [-0.05, 0) is 24.3 Å². The van der Waals surface area contributed by atoms with E-state index < -0.39 is 0 Å². The minimum atomic E-state index is 0.714. The van der Waals surface area contributed by atoms with Gasteiger partial charge in [0.2, 0.25) is 0 Å². The summed E-state index contributed by atoms with van der Waals surface area (Å²) in [5.41, 5.74) is 1.24. The van der Waals surface area contributed by atoms with E-state index in [1.807, 2.05) is 24.1 Å². The van der Waals surface area contributed by atoms with E-state index in [1.54, 1.807) is 7.05 Å². The third-order valence-corrected chi connectivity index (χ3v) is 2.70. The molecular formula is C13H25N5. The Kier molecular flexibility index (Phi) is 6.25. The Labute approximate surface area is 110 Å². The van der Waals surface area contributed by atoms with E-state index in [1.165, 1.54) is 5.56 Å². The van der Waals surface area contributed by atoms with Crippen molar-refractivity contribution in [3.05, 3.63) is 18.0 Å². The molecule has 0 spiro atoms. The topological polar surface area (TPSA) is 54.2 Å². The molecule has 1 heterocycles. The van der Waals surface area contributed by atoms with Gasteiger partial charge in [-0.3, -0.25) is 9.67 Å². The zero-order chi connectivity index (χ0) is 13.4. The van der Waals surface area contributed by atoms with E-state index in [0.717, 1.165) is 31.9 Å². The van der Waals surface area contributed by atoms with E-state index in [0.29, 0.717) is 5.92 Å². The van der Waals surface area contributed by atoms with Crippen LogP contribution in [0.2, 0.25) is 0 Å². The van der Waals surface area contributed by atoms with Gasteiger partial charge in [-0.25, -0.2) is 0 Å². The summed E-state index contributed by atoms with van der Waals surface area (Å²) in [5, 5.41) is 10.8. The Bertz CT molecular complexity index is 367. The molecule has 0 saturated heterocycles. The Morgan fingerprint density at radius 3 is 2.67 bits per heavy atom. The average molecular weight is 251 g/mol. The van der Waals surface area contributed by atoms with Gasteiger partial charge < -0.3 is 10.6 Å². The van der Waals surface area contributed by atoms with Crippen molar-refractivity contribution in [1.82, 2.24) is 20.4 Å². The molecule has 1 rings (SSSR count). The van der Waals surface area contributed by atoms with Crippen molar-refractivity contribution in [2.45, 2.75) is 26.7 Å². The smallest absolute Gasteiger partial charge is 0.190 e. The Morgan fingerprint density at radius 1 is 1.39 bits per heavy atom. The summed E-state index contributed by atoms with van der Waals surface area (Å²) >= 11 is 0. The van der Waals surface area contributed by atoms with E-state index >= 15 is 0 Å². The van der Waals surface area contributed by atoms with Crippen molar-refractivity contribution in [2.75, 3.05) is 20.1 Å². The molecule has 0 bridgehead atoms. The molecule has 0 aromatic carbocycles. The zero-order valence-corrected chi connectivity index (χ0v) is 11.9. The van der Waals surface area contributed by atoms with Crippen LogP contribution in [0, 0.1) is 5.92 Å². The molecule has 102 valence electrons. The van der Waals surface area contributed by atoms with Gasteiger partial charge in [-0.2, -0.15) is 5.10 Å². The number of aryl methyl sites for hydroxylation is 1. The minimum absolute atomic E-state index is 0.714. The lowest BCUT2D eigenvalue weighted by Gasteiger charge is -2.12. The van der Waals surface area contributed by atoms with Gasteiger partial charge in [0.05, 0.1) is 6.20 Å². The van der Waals surface area contributed by atoms with E-state index in [4.69, 9.17) is 0 Å². The molecule has 1 aromatic rings. The highest BCUT2D eigenvalue weighted by molar-refractivity contribution is 5.79. The standard InChI is InChI=1S/C13H25N5/c1-11(2)5-7-15-13(14-3)16-8-6-12-9-17-18(4)10-12/h9-11H,5-8H2,1-4H3,(H2,14,15,16). The predicted molar refractivity (Wildman–Crippen MR) is 75.7 cm³/mol. The number of rotatable bonds is 6. The molecule has 0 aliphatic carbocycles. The maximum absolute atomic E-state index is 4.19. The second-order valence-electron chi connectivity index (χ2n) is 4.88. The summed E-state index contributed by atoms with van der Waals surface area (Å²) < 4.78 is 1.82. The lowest BCUT2D eigenvalue weighted by molar-refractivity contribution is 0.573. The van der Waals surface area contributed by atoms with Crippen LogP contribution in [0.3, 0.4) is 0 Å². The molecule has 0 atom stereocenters. The van der Waals surface area contributed by atoms with Crippen LogP contribution in [-0.4, -0.2) is 35.9 Å². The minimum Gasteiger partial charge on any atom is -0.356 e. The van der Waals surface area contributed by atoms with Crippen molar-refractivity contribution in [2.24, 2.45) is 18.0 Å². The highest BCUT2D eigenvalue weighted by Crippen LogP contribution is 1.97. The average Bonchev–Trinajstić information content (AvgIpc) is 2.72. The van der Waals surface area contributed by atoms with E-state index in [2.05, 4.69) is 34.6 Å². The van der Waals surface area contributed by atoms with Crippen LogP contribution < -0.4 is 10.6 Å². The van der Waals surface area contributed by atoms with Crippen LogP contribution in [-0.2, 0) is 13.5 Å². The Hall–Kier alpha value is -1.52. The van der Waals surface area contributed by atoms with E-state index in [-0.39, 0.29) is 0 Å². The van der Waals surface area contributed by atoms with Crippen molar-refractivity contribution in [3.63, 3.8) is 0 Å². The first-order valence-corrected chi connectivity index (χ1v) is 6.54. The monoisotopic (exact) mass is 251 g/mol. The van der Waals surface area contributed by atoms with Gasteiger partial charge >= 0.3 is 0 Å². The third kappa shape index (κ3) is 5.70. The highest BCUT2D eigenvalue weighted by atomic mass is 15.2. The molecule has 5 nitrogen and oxygen atoms in total. The normalized spacial score (nSPS) is 11.9. The molecule has 0 aliphatic rings. The number of nitrogens with one attached hydrogen (secondary N) is 2. The summed E-state index contributed by atoms with van der Waals surface area (Å²) in [4.78, 5) is 4.19. The molecule has 18 heavy (non-hydrogen) atoms. The molecule has 0 amide bonds. The number of hydrogen-bond donors (Lipinski definition) is 2. The van der Waals surface area contributed by atoms with Crippen LogP contribution in [0.1, 0.15) is 25.8 Å². The van der Waals surface area contributed by atoms with Crippen LogP contribution in [0.5, 0.6) is 0 Å². The third-order valence-electron chi connectivity index (χ3n) is 2.70. The molecule has 0 aliphatic heterocycles. The summed E-state index contributed by atoms with van der Waals surface area (Å²) in [5.74, 6) is 1.59. The number of hydrogen-bond acceptors (Lipinski definition) is 2. The molecule has 0 fully saturated rings. The molecule has 1 aromatic heterocycles. The molecule has 5 heteroatoms. The lowest BCUT2D eigenvalue weighted by Crippen LogP contribution is -2.39. The molecule has 2 N–H and O–H groups in total. The van der Waals surface area contributed by atoms with Crippen molar-refractivity contribution >= 4 is 5.96 Å². The summed E-state index contributed by atoms with van der Waals surface area (Å²) in [7, 11) is 3.73. The molecule has 0 unspecified atom stereocenters. The fourth-order valence-electron chi connectivity index (χ4n) is 1.63. The van der Waals surface area contributed by atoms with Crippen molar-refractivity contribution in [1.29, 1.82) is 0 Å². The zero-order valence-electron chi connectivity index (χ0n) is 11.9.